The SMILES string of the molecule is COC(=O)[C@H](NC(=O)CC12C[C@H]3C[C@@H](CC(Br)(C3)C1)C2)C(C)C. The van der Waals surface area contributed by atoms with Gasteiger partial charge in [-0.05, 0) is 61.7 Å². The quantitative estimate of drug-likeness (QED) is 0.582. The highest BCUT2D eigenvalue weighted by Crippen LogP contribution is 2.65. The van der Waals surface area contributed by atoms with Crippen molar-refractivity contribution in [2.45, 2.75) is 69.2 Å². The molecule has 0 aromatic rings. The Kier molecular flexibility index (Phi) is 4.54. The van der Waals surface area contributed by atoms with Crippen LogP contribution in [-0.2, 0) is 14.3 Å². The van der Waals surface area contributed by atoms with Crippen molar-refractivity contribution in [2.24, 2.45) is 23.2 Å². The van der Waals surface area contributed by atoms with Gasteiger partial charge in [0.15, 0.2) is 0 Å². The Balaban J connectivity index is 1.67. The van der Waals surface area contributed by atoms with E-state index in [1.54, 1.807) is 0 Å². The van der Waals surface area contributed by atoms with E-state index in [9.17, 15) is 9.59 Å². The molecule has 0 unspecified atom stereocenters. The zero-order valence-electron chi connectivity index (χ0n) is 14.4. The van der Waals surface area contributed by atoms with Crippen LogP contribution in [0, 0.1) is 23.2 Å². The van der Waals surface area contributed by atoms with E-state index < -0.39 is 6.04 Å². The third-order valence-corrected chi connectivity index (χ3v) is 7.01. The topological polar surface area (TPSA) is 55.4 Å². The summed E-state index contributed by atoms with van der Waals surface area (Å²) in [6.07, 6.45) is 7.88. The number of hydrogen-bond donors (Lipinski definition) is 1. The Morgan fingerprint density at radius 3 is 2.30 bits per heavy atom. The fourth-order valence-corrected chi connectivity index (χ4v) is 7.24. The molecule has 4 nitrogen and oxygen atoms in total. The molecule has 0 radical (unpaired) electrons. The molecule has 1 amide bonds. The number of halogens is 1. The molecular formula is C18H28BrNO3. The molecule has 0 aromatic carbocycles. The summed E-state index contributed by atoms with van der Waals surface area (Å²) < 4.78 is 5.08. The first-order chi connectivity index (χ1) is 10.7. The Bertz CT molecular complexity index is 490. The van der Waals surface area contributed by atoms with E-state index in [1.807, 2.05) is 13.8 Å². The minimum Gasteiger partial charge on any atom is -0.467 e. The summed E-state index contributed by atoms with van der Waals surface area (Å²) >= 11 is 3.99. The minimum atomic E-state index is -0.542. The number of carbonyl (C=O) groups excluding carboxylic acids is 2. The van der Waals surface area contributed by atoms with Crippen LogP contribution in [0.2, 0.25) is 0 Å². The molecular weight excluding hydrogens is 358 g/mol. The normalized spacial score (nSPS) is 39.3. The molecule has 23 heavy (non-hydrogen) atoms. The van der Waals surface area contributed by atoms with Crippen LogP contribution in [0.25, 0.3) is 0 Å². The largest absolute Gasteiger partial charge is 0.467 e. The van der Waals surface area contributed by atoms with Gasteiger partial charge < -0.3 is 10.1 Å². The van der Waals surface area contributed by atoms with Crippen LogP contribution in [0.15, 0.2) is 0 Å². The lowest BCUT2D eigenvalue weighted by molar-refractivity contribution is -0.147. The van der Waals surface area contributed by atoms with Crippen molar-refractivity contribution in [3.8, 4) is 0 Å². The van der Waals surface area contributed by atoms with Gasteiger partial charge in [0.05, 0.1) is 7.11 Å². The Morgan fingerprint density at radius 2 is 1.83 bits per heavy atom. The highest BCUT2D eigenvalue weighted by Gasteiger charge is 2.57. The molecule has 4 bridgehead atoms. The zero-order chi connectivity index (χ0) is 16.8. The molecule has 1 N–H and O–H groups in total. The van der Waals surface area contributed by atoms with E-state index in [0.717, 1.165) is 18.3 Å². The molecule has 0 heterocycles. The maximum atomic E-state index is 12.6. The molecule has 0 spiro atoms. The predicted octanol–water partition coefficient (Wildman–Crippen LogP) is 3.42. The number of alkyl halides is 1. The molecule has 3 atom stereocenters. The summed E-state index contributed by atoms with van der Waals surface area (Å²) in [5, 5.41) is 2.93. The summed E-state index contributed by atoms with van der Waals surface area (Å²) in [6.45, 7) is 3.86. The van der Waals surface area contributed by atoms with Gasteiger partial charge in [-0.1, -0.05) is 29.8 Å². The molecule has 0 aliphatic heterocycles. The summed E-state index contributed by atoms with van der Waals surface area (Å²) in [6, 6.07) is -0.542. The van der Waals surface area contributed by atoms with Crippen molar-refractivity contribution in [3.05, 3.63) is 0 Å². The summed E-state index contributed by atoms with van der Waals surface area (Å²) in [7, 11) is 1.37. The zero-order valence-corrected chi connectivity index (χ0v) is 15.9. The highest BCUT2D eigenvalue weighted by atomic mass is 79.9. The first kappa shape index (κ1) is 17.2. The van der Waals surface area contributed by atoms with E-state index >= 15 is 0 Å². The van der Waals surface area contributed by atoms with Crippen molar-refractivity contribution >= 4 is 27.8 Å². The van der Waals surface area contributed by atoms with Crippen LogP contribution in [-0.4, -0.2) is 29.4 Å². The van der Waals surface area contributed by atoms with E-state index in [2.05, 4.69) is 21.2 Å². The van der Waals surface area contributed by atoms with Crippen molar-refractivity contribution in [2.75, 3.05) is 7.11 Å². The second kappa shape index (κ2) is 6.05. The summed E-state index contributed by atoms with van der Waals surface area (Å²) in [4.78, 5) is 24.5. The lowest BCUT2D eigenvalue weighted by atomic mass is 9.48. The molecule has 4 aliphatic carbocycles. The molecule has 130 valence electrons. The lowest BCUT2D eigenvalue weighted by Crippen LogP contribution is -2.55. The van der Waals surface area contributed by atoms with Crippen molar-refractivity contribution < 1.29 is 14.3 Å². The second-order valence-corrected chi connectivity index (χ2v) is 10.3. The van der Waals surface area contributed by atoms with Crippen molar-refractivity contribution in [3.63, 3.8) is 0 Å². The van der Waals surface area contributed by atoms with Gasteiger partial charge >= 0.3 is 5.97 Å². The van der Waals surface area contributed by atoms with Gasteiger partial charge in [0.2, 0.25) is 5.91 Å². The van der Waals surface area contributed by atoms with Gasteiger partial charge in [0.1, 0.15) is 6.04 Å². The van der Waals surface area contributed by atoms with Gasteiger partial charge in [-0.2, -0.15) is 0 Å². The molecule has 4 saturated carbocycles. The van der Waals surface area contributed by atoms with Crippen LogP contribution in [0.3, 0.4) is 0 Å². The molecule has 4 fully saturated rings. The monoisotopic (exact) mass is 385 g/mol. The average Bonchev–Trinajstić information content (AvgIpc) is 2.40. The number of esters is 1. The molecule has 4 aliphatic rings. The van der Waals surface area contributed by atoms with E-state index in [-0.39, 0.29) is 27.5 Å². The van der Waals surface area contributed by atoms with Crippen LogP contribution in [0.1, 0.15) is 58.8 Å². The number of rotatable bonds is 5. The number of methoxy groups -OCH3 is 1. The lowest BCUT2D eigenvalue weighted by Gasteiger charge is -2.60. The van der Waals surface area contributed by atoms with E-state index in [1.165, 1.54) is 39.2 Å². The van der Waals surface area contributed by atoms with Crippen molar-refractivity contribution in [1.29, 1.82) is 0 Å². The third-order valence-electron chi connectivity index (χ3n) is 6.08. The fraction of sp³-hybridized carbons (Fsp3) is 0.889. The number of carbonyl (C=O) groups is 2. The van der Waals surface area contributed by atoms with Gasteiger partial charge in [-0.3, -0.25) is 4.79 Å². The highest BCUT2D eigenvalue weighted by molar-refractivity contribution is 9.10. The third kappa shape index (κ3) is 3.45. The van der Waals surface area contributed by atoms with Crippen LogP contribution < -0.4 is 5.32 Å². The number of ether oxygens (including phenoxy) is 1. The van der Waals surface area contributed by atoms with E-state index in [0.29, 0.717) is 6.42 Å². The average molecular weight is 386 g/mol. The van der Waals surface area contributed by atoms with Crippen LogP contribution in [0.4, 0.5) is 0 Å². The second-order valence-electron chi connectivity index (χ2n) is 8.60. The number of hydrogen-bond acceptors (Lipinski definition) is 3. The van der Waals surface area contributed by atoms with Gasteiger partial charge in [0.25, 0.3) is 0 Å². The molecule has 0 saturated heterocycles. The Hall–Kier alpha value is -0.580. The minimum absolute atomic E-state index is 0.00662. The Morgan fingerprint density at radius 1 is 1.22 bits per heavy atom. The molecule has 5 heteroatoms. The first-order valence-electron chi connectivity index (χ1n) is 8.80. The van der Waals surface area contributed by atoms with Gasteiger partial charge in [-0.15, -0.1) is 0 Å². The van der Waals surface area contributed by atoms with Crippen LogP contribution in [0.5, 0.6) is 0 Å². The fourth-order valence-electron chi connectivity index (χ4n) is 5.73. The maximum Gasteiger partial charge on any atom is 0.328 e. The van der Waals surface area contributed by atoms with Crippen LogP contribution >= 0.6 is 15.9 Å². The molecule has 0 aromatic heterocycles. The molecule has 4 rings (SSSR count). The first-order valence-corrected chi connectivity index (χ1v) is 9.60. The van der Waals surface area contributed by atoms with Gasteiger partial charge in [-0.25, -0.2) is 4.79 Å². The summed E-state index contributed by atoms with van der Waals surface area (Å²) in [5.41, 5.74) is 0.134. The van der Waals surface area contributed by atoms with E-state index in [4.69, 9.17) is 4.74 Å². The van der Waals surface area contributed by atoms with Gasteiger partial charge in [0, 0.05) is 10.7 Å². The number of nitrogens with one attached hydrogen (secondary N) is 1. The number of amides is 1. The standard InChI is InChI=1S/C18H28BrNO3/c1-11(2)15(16(22)23-3)20-14(21)9-17-5-12-4-13(6-17)8-18(19,7-12)10-17/h11-13,15H,4-10H2,1-3H3,(H,20,21)/t12-,13-,15-,17?,18?/m1/s1. The Labute approximate surface area is 147 Å². The smallest absolute Gasteiger partial charge is 0.328 e. The maximum absolute atomic E-state index is 12.6. The summed E-state index contributed by atoms with van der Waals surface area (Å²) in [5.74, 6) is 1.23. The van der Waals surface area contributed by atoms with Crippen molar-refractivity contribution in [1.82, 2.24) is 5.32 Å². The predicted molar refractivity (Wildman–Crippen MR) is 92.2 cm³/mol.